The molecule has 1 aromatic heterocycles. The molecular weight excluding hydrogens is 370 g/mol. The van der Waals surface area contributed by atoms with Crippen LogP contribution in [-0.2, 0) is 22.5 Å². The van der Waals surface area contributed by atoms with Gasteiger partial charge in [-0.2, -0.15) is 0 Å². The van der Waals surface area contributed by atoms with Crippen LogP contribution in [0.15, 0.2) is 47.8 Å². The standard InChI is InChI=1S/C22H25N3O2S/c1-15-11-25(12-16(2)27-15)13-19-14-28-22(23-19)24-21(26)10-18-8-5-7-17-6-3-4-9-20(17)18/h3-9,14-16H,10-13H2,1-2H3,(H,23,24,26). The third kappa shape index (κ3) is 4.58. The first-order valence-corrected chi connectivity index (χ1v) is 10.5. The van der Waals surface area contributed by atoms with E-state index in [2.05, 4.69) is 47.2 Å². The summed E-state index contributed by atoms with van der Waals surface area (Å²) in [5.41, 5.74) is 2.02. The number of hydrogen-bond acceptors (Lipinski definition) is 5. The van der Waals surface area contributed by atoms with Crippen molar-refractivity contribution in [1.29, 1.82) is 0 Å². The van der Waals surface area contributed by atoms with E-state index in [-0.39, 0.29) is 18.1 Å². The number of hydrogen-bond donors (Lipinski definition) is 1. The number of benzene rings is 2. The number of rotatable bonds is 5. The summed E-state index contributed by atoms with van der Waals surface area (Å²) in [4.78, 5) is 19.5. The summed E-state index contributed by atoms with van der Waals surface area (Å²) in [7, 11) is 0. The number of anilines is 1. The van der Waals surface area contributed by atoms with Crippen molar-refractivity contribution in [3.8, 4) is 0 Å². The molecule has 2 aromatic carbocycles. The number of ether oxygens (including phenoxy) is 1. The highest BCUT2D eigenvalue weighted by Crippen LogP contribution is 2.21. The Balaban J connectivity index is 1.37. The zero-order chi connectivity index (χ0) is 19.5. The highest BCUT2D eigenvalue weighted by atomic mass is 32.1. The summed E-state index contributed by atoms with van der Waals surface area (Å²) < 4.78 is 5.78. The van der Waals surface area contributed by atoms with Gasteiger partial charge >= 0.3 is 0 Å². The van der Waals surface area contributed by atoms with Crippen molar-refractivity contribution >= 4 is 33.1 Å². The van der Waals surface area contributed by atoms with Gasteiger partial charge in [-0.15, -0.1) is 11.3 Å². The molecule has 6 heteroatoms. The van der Waals surface area contributed by atoms with Crippen molar-refractivity contribution in [3.05, 3.63) is 59.1 Å². The number of thiazole rings is 1. The van der Waals surface area contributed by atoms with E-state index in [0.717, 1.165) is 41.7 Å². The van der Waals surface area contributed by atoms with E-state index in [4.69, 9.17) is 4.74 Å². The van der Waals surface area contributed by atoms with Crippen molar-refractivity contribution in [2.45, 2.75) is 39.0 Å². The summed E-state index contributed by atoms with van der Waals surface area (Å²) in [6.07, 6.45) is 0.818. The van der Waals surface area contributed by atoms with Crippen molar-refractivity contribution in [1.82, 2.24) is 9.88 Å². The van der Waals surface area contributed by atoms with Crippen LogP contribution in [0.4, 0.5) is 5.13 Å². The number of carbonyl (C=O) groups is 1. The van der Waals surface area contributed by atoms with E-state index >= 15 is 0 Å². The number of fused-ring (bicyclic) bond motifs is 1. The summed E-state index contributed by atoms with van der Waals surface area (Å²) in [6, 6.07) is 14.2. The van der Waals surface area contributed by atoms with Gasteiger partial charge in [-0.05, 0) is 30.2 Å². The van der Waals surface area contributed by atoms with Gasteiger partial charge in [0.25, 0.3) is 0 Å². The Bertz CT molecular complexity index is 956. The zero-order valence-electron chi connectivity index (χ0n) is 16.2. The van der Waals surface area contributed by atoms with Crippen molar-refractivity contribution in [2.24, 2.45) is 0 Å². The van der Waals surface area contributed by atoms with E-state index in [1.54, 1.807) is 0 Å². The second kappa shape index (κ2) is 8.39. The molecule has 0 radical (unpaired) electrons. The molecule has 1 aliphatic heterocycles. The Morgan fingerprint density at radius 1 is 1.18 bits per heavy atom. The molecule has 0 spiro atoms. The van der Waals surface area contributed by atoms with Crippen LogP contribution in [0.25, 0.3) is 10.8 Å². The molecule has 1 fully saturated rings. The molecular formula is C22H25N3O2S. The topological polar surface area (TPSA) is 54.5 Å². The van der Waals surface area contributed by atoms with Crippen LogP contribution in [0.2, 0.25) is 0 Å². The fraction of sp³-hybridized carbons (Fsp3) is 0.364. The maximum atomic E-state index is 12.5. The molecule has 1 amide bonds. The second-order valence-electron chi connectivity index (χ2n) is 7.46. The average Bonchev–Trinajstić information content (AvgIpc) is 3.07. The lowest BCUT2D eigenvalue weighted by Gasteiger charge is -2.34. The van der Waals surface area contributed by atoms with Crippen LogP contribution in [0, 0.1) is 0 Å². The van der Waals surface area contributed by atoms with Crippen molar-refractivity contribution < 1.29 is 9.53 Å². The zero-order valence-corrected chi connectivity index (χ0v) is 17.0. The normalized spacial score (nSPS) is 20.4. The van der Waals surface area contributed by atoms with Gasteiger partial charge in [0.1, 0.15) is 0 Å². The number of amides is 1. The molecule has 2 heterocycles. The Labute approximate surface area is 169 Å². The summed E-state index contributed by atoms with van der Waals surface area (Å²) in [6.45, 7) is 6.80. The Hall–Kier alpha value is -2.28. The number of morpholine rings is 1. The van der Waals surface area contributed by atoms with Gasteiger partial charge in [-0.25, -0.2) is 4.98 Å². The van der Waals surface area contributed by atoms with Crippen molar-refractivity contribution in [2.75, 3.05) is 18.4 Å². The SMILES string of the molecule is CC1CN(Cc2csc(NC(=O)Cc3cccc4ccccc34)n2)CC(C)O1. The molecule has 146 valence electrons. The first-order chi connectivity index (χ1) is 13.6. The molecule has 3 aromatic rings. The van der Waals surface area contributed by atoms with E-state index < -0.39 is 0 Å². The highest BCUT2D eigenvalue weighted by molar-refractivity contribution is 7.13. The largest absolute Gasteiger partial charge is 0.373 e. The van der Waals surface area contributed by atoms with E-state index in [9.17, 15) is 4.79 Å². The highest BCUT2D eigenvalue weighted by Gasteiger charge is 2.22. The predicted octanol–water partition coefficient (Wildman–Crippen LogP) is 4.09. The quantitative estimate of drug-likeness (QED) is 0.707. The molecule has 5 nitrogen and oxygen atoms in total. The van der Waals surface area contributed by atoms with Gasteiger partial charge in [0.05, 0.1) is 24.3 Å². The molecule has 1 aliphatic rings. The number of nitrogens with one attached hydrogen (secondary N) is 1. The third-order valence-corrected chi connectivity index (χ3v) is 5.72. The second-order valence-corrected chi connectivity index (χ2v) is 8.32. The van der Waals surface area contributed by atoms with Gasteiger partial charge < -0.3 is 10.1 Å². The first kappa shape index (κ1) is 19.1. The first-order valence-electron chi connectivity index (χ1n) is 9.65. The Morgan fingerprint density at radius 3 is 2.75 bits per heavy atom. The molecule has 0 aliphatic carbocycles. The van der Waals surface area contributed by atoms with Gasteiger partial charge in [0.15, 0.2) is 5.13 Å². The molecule has 2 unspecified atom stereocenters. The Kier molecular flexibility index (Phi) is 5.71. The fourth-order valence-corrected chi connectivity index (χ4v) is 4.58. The maximum Gasteiger partial charge on any atom is 0.230 e. The summed E-state index contributed by atoms with van der Waals surface area (Å²) in [5.74, 6) is -0.0362. The Morgan fingerprint density at radius 2 is 1.93 bits per heavy atom. The maximum absolute atomic E-state index is 12.5. The van der Waals surface area contributed by atoms with Crippen LogP contribution < -0.4 is 5.32 Å². The van der Waals surface area contributed by atoms with Crippen LogP contribution in [0.3, 0.4) is 0 Å². The minimum atomic E-state index is -0.0362. The molecule has 1 saturated heterocycles. The van der Waals surface area contributed by atoms with Gasteiger partial charge in [-0.3, -0.25) is 9.69 Å². The summed E-state index contributed by atoms with van der Waals surface area (Å²) in [5, 5.41) is 7.92. The van der Waals surface area contributed by atoms with Gasteiger partial charge in [0, 0.05) is 25.0 Å². The van der Waals surface area contributed by atoms with Gasteiger partial charge in [-0.1, -0.05) is 42.5 Å². The average molecular weight is 396 g/mol. The van der Waals surface area contributed by atoms with Crippen molar-refractivity contribution in [3.63, 3.8) is 0 Å². The molecule has 4 rings (SSSR count). The number of nitrogens with zero attached hydrogens (tertiary/aromatic N) is 2. The minimum Gasteiger partial charge on any atom is -0.373 e. The van der Waals surface area contributed by atoms with E-state index in [1.165, 1.54) is 11.3 Å². The molecule has 0 saturated carbocycles. The number of aromatic nitrogens is 1. The molecule has 28 heavy (non-hydrogen) atoms. The fourth-order valence-electron chi connectivity index (χ4n) is 3.86. The molecule has 0 bridgehead atoms. The monoisotopic (exact) mass is 395 g/mol. The lowest BCUT2D eigenvalue weighted by atomic mass is 10.0. The molecule has 2 atom stereocenters. The summed E-state index contributed by atoms with van der Waals surface area (Å²) >= 11 is 1.48. The van der Waals surface area contributed by atoms with Crippen LogP contribution >= 0.6 is 11.3 Å². The van der Waals surface area contributed by atoms with E-state index in [1.807, 2.05) is 29.6 Å². The minimum absolute atomic E-state index is 0.0362. The predicted molar refractivity (Wildman–Crippen MR) is 114 cm³/mol. The smallest absolute Gasteiger partial charge is 0.230 e. The van der Waals surface area contributed by atoms with Crippen LogP contribution in [0.1, 0.15) is 25.1 Å². The number of carbonyl (C=O) groups excluding carboxylic acids is 1. The van der Waals surface area contributed by atoms with Crippen LogP contribution in [-0.4, -0.2) is 41.1 Å². The van der Waals surface area contributed by atoms with E-state index in [0.29, 0.717) is 11.6 Å². The third-order valence-electron chi connectivity index (χ3n) is 4.91. The molecule has 1 N–H and O–H groups in total. The lowest BCUT2D eigenvalue weighted by molar-refractivity contribution is -0.115. The van der Waals surface area contributed by atoms with Gasteiger partial charge in [0.2, 0.25) is 5.91 Å². The lowest BCUT2D eigenvalue weighted by Crippen LogP contribution is -2.44. The van der Waals surface area contributed by atoms with Crippen LogP contribution in [0.5, 0.6) is 0 Å².